The maximum atomic E-state index is 12.5. The summed E-state index contributed by atoms with van der Waals surface area (Å²) in [5.74, 6) is -1.26. The topological polar surface area (TPSA) is 81.4 Å². The molecule has 21 heavy (non-hydrogen) atoms. The first-order chi connectivity index (χ1) is 10.1. The average molecular weight is 304 g/mol. The Morgan fingerprint density at radius 2 is 1.95 bits per heavy atom. The van der Waals surface area contributed by atoms with E-state index in [4.69, 9.17) is 5.73 Å². The highest BCUT2D eigenvalue weighted by atomic mass is 32.1. The number of carbonyl (C=O) groups is 2. The average Bonchev–Trinajstić information content (AvgIpc) is 3.00. The second-order valence-electron chi connectivity index (χ2n) is 4.47. The van der Waals surface area contributed by atoms with Gasteiger partial charge in [-0.3, -0.25) is 10.5 Å². The summed E-state index contributed by atoms with van der Waals surface area (Å²) in [4.78, 5) is 25.3. The number of benzene rings is 1. The third kappa shape index (κ3) is 3.48. The lowest BCUT2D eigenvalue weighted by atomic mass is 10.0. The van der Waals surface area contributed by atoms with Crippen molar-refractivity contribution >= 4 is 28.8 Å². The SMILES string of the molecule is COC(=O)[C@@](N)(Nc1ccccc1)C(=O)Cc1cccs1. The van der Waals surface area contributed by atoms with E-state index in [1.807, 2.05) is 23.6 Å². The van der Waals surface area contributed by atoms with Gasteiger partial charge in [-0.2, -0.15) is 0 Å². The number of anilines is 1. The third-order valence-corrected chi connectivity index (χ3v) is 3.85. The Kier molecular flexibility index (Phi) is 4.72. The van der Waals surface area contributed by atoms with Gasteiger partial charge in [0, 0.05) is 17.0 Å². The van der Waals surface area contributed by atoms with E-state index in [2.05, 4.69) is 10.1 Å². The van der Waals surface area contributed by atoms with Crippen LogP contribution in [0.15, 0.2) is 47.8 Å². The molecule has 0 saturated carbocycles. The van der Waals surface area contributed by atoms with Crippen LogP contribution in [0.25, 0.3) is 0 Å². The number of hydrogen-bond acceptors (Lipinski definition) is 6. The Hall–Kier alpha value is -2.18. The molecule has 0 aliphatic carbocycles. The smallest absolute Gasteiger partial charge is 0.354 e. The number of rotatable bonds is 6. The number of nitrogens with two attached hydrogens (primary N) is 1. The first-order valence-electron chi connectivity index (χ1n) is 6.32. The number of Topliss-reactive ketones (excluding diaryl/α,β-unsaturated/α-hetero) is 1. The lowest BCUT2D eigenvalue weighted by molar-refractivity contribution is -0.149. The minimum absolute atomic E-state index is 0.0725. The van der Waals surface area contributed by atoms with Crippen molar-refractivity contribution in [2.24, 2.45) is 5.73 Å². The molecule has 1 heterocycles. The van der Waals surface area contributed by atoms with Gasteiger partial charge in [0.15, 0.2) is 5.78 Å². The predicted molar refractivity (Wildman–Crippen MR) is 82.0 cm³/mol. The molecule has 110 valence electrons. The van der Waals surface area contributed by atoms with Crippen molar-refractivity contribution in [3.8, 4) is 0 Å². The number of methoxy groups -OCH3 is 1. The largest absolute Gasteiger partial charge is 0.466 e. The normalized spacial score (nSPS) is 13.2. The minimum atomic E-state index is -1.90. The van der Waals surface area contributed by atoms with Gasteiger partial charge < -0.3 is 10.1 Å². The van der Waals surface area contributed by atoms with Crippen LogP contribution in [0.2, 0.25) is 0 Å². The maximum Gasteiger partial charge on any atom is 0.354 e. The van der Waals surface area contributed by atoms with Crippen molar-refractivity contribution < 1.29 is 14.3 Å². The number of carbonyl (C=O) groups excluding carboxylic acids is 2. The molecule has 0 radical (unpaired) electrons. The van der Waals surface area contributed by atoms with Crippen molar-refractivity contribution in [3.05, 3.63) is 52.7 Å². The summed E-state index contributed by atoms with van der Waals surface area (Å²) in [5.41, 5.74) is 4.68. The highest BCUT2D eigenvalue weighted by molar-refractivity contribution is 7.10. The van der Waals surface area contributed by atoms with E-state index in [0.717, 1.165) is 4.88 Å². The molecule has 1 aromatic heterocycles. The van der Waals surface area contributed by atoms with Crippen LogP contribution in [0.3, 0.4) is 0 Å². The molecule has 6 heteroatoms. The molecule has 3 N–H and O–H groups in total. The fraction of sp³-hybridized carbons (Fsp3) is 0.200. The summed E-state index contributed by atoms with van der Waals surface area (Å²) in [6.45, 7) is 0. The van der Waals surface area contributed by atoms with Gasteiger partial charge in [0.25, 0.3) is 0 Å². The maximum absolute atomic E-state index is 12.5. The highest BCUT2D eigenvalue weighted by Gasteiger charge is 2.43. The van der Waals surface area contributed by atoms with Crippen LogP contribution in [0.1, 0.15) is 4.88 Å². The molecule has 2 aromatic rings. The number of hydrogen-bond donors (Lipinski definition) is 2. The Bertz CT molecular complexity index is 613. The summed E-state index contributed by atoms with van der Waals surface area (Å²) in [6.07, 6.45) is 0.0725. The highest BCUT2D eigenvalue weighted by Crippen LogP contribution is 2.18. The summed E-state index contributed by atoms with van der Waals surface area (Å²) in [6, 6.07) is 12.5. The van der Waals surface area contributed by atoms with Crippen LogP contribution < -0.4 is 11.1 Å². The van der Waals surface area contributed by atoms with E-state index in [0.29, 0.717) is 5.69 Å². The van der Waals surface area contributed by atoms with Gasteiger partial charge in [-0.25, -0.2) is 4.79 Å². The van der Waals surface area contributed by atoms with Gasteiger partial charge >= 0.3 is 5.97 Å². The zero-order valence-corrected chi connectivity index (χ0v) is 12.4. The number of esters is 1. The summed E-state index contributed by atoms with van der Waals surface area (Å²) in [7, 11) is 1.20. The zero-order valence-electron chi connectivity index (χ0n) is 11.5. The second kappa shape index (κ2) is 6.51. The van der Waals surface area contributed by atoms with Gasteiger partial charge in [0.1, 0.15) is 0 Å². The van der Waals surface area contributed by atoms with Crippen molar-refractivity contribution in [3.63, 3.8) is 0 Å². The Morgan fingerprint density at radius 1 is 1.24 bits per heavy atom. The lowest BCUT2D eigenvalue weighted by Crippen LogP contribution is -2.62. The van der Waals surface area contributed by atoms with Crippen LogP contribution in [0, 0.1) is 0 Å². The van der Waals surface area contributed by atoms with Gasteiger partial charge in [-0.15, -0.1) is 11.3 Å². The Labute approximate surface area is 126 Å². The summed E-state index contributed by atoms with van der Waals surface area (Å²) < 4.78 is 4.68. The van der Waals surface area contributed by atoms with Crippen LogP contribution in [0.4, 0.5) is 5.69 Å². The third-order valence-electron chi connectivity index (χ3n) is 2.98. The van der Waals surface area contributed by atoms with Gasteiger partial charge in [0.05, 0.1) is 7.11 Å². The molecule has 0 unspecified atom stereocenters. The van der Waals surface area contributed by atoms with Gasteiger partial charge in [0.2, 0.25) is 5.66 Å². The number of para-hydroxylation sites is 1. The molecule has 0 saturated heterocycles. The first-order valence-corrected chi connectivity index (χ1v) is 7.20. The fourth-order valence-electron chi connectivity index (χ4n) is 1.86. The van der Waals surface area contributed by atoms with E-state index < -0.39 is 17.4 Å². The molecule has 0 aliphatic rings. The molecular weight excluding hydrogens is 288 g/mol. The molecule has 0 aliphatic heterocycles. The van der Waals surface area contributed by atoms with Crippen molar-refractivity contribution in [2.75, 3.05) is 12.4 Å². The van der Waals surface area contributed by atoms with Gasteiger partial charge in [-0.1, -0.05) is 24.3 Å². The van der Waals surface area contributed by atoms with E-state index in [9.17, 15) is 9.59 Å². The molecule has 1 atom stereocenters. The van der Waals surface area contributed by atoms with Crippen molar-refractivity contribution in [1.82, 2.24) is 0 Å². The Morgan fingerprint density at radius 3 is 2.52 bits per heavy atom. The standard InChI is InChI=1S/C15H16N2O3S/c1-20-14(19)15(16,17-11-6-3-2-4-7-11)13(18)10-12-8-5-9-21-12/h2-9,17H,10,16H2,1H3/t15-/m0/s1. The van der Waals surface area contributed by atoms with Crippen LogP contribution in [0.5, 0.6) is 0 Å². The van der Waals surface area contributed by atoms with E-state index in [1.54, 1.807) is 24.3 Å². The molecule has 5 nitrogen and oxygen atoms in total. The first kappa shape index (κ1) is 15.2. The van der Waals surface area contributed by atoms with E-state index >= 15 is 0 Å². The number of thiophene rings is 1. The molecule has 0 amide bonds. The van der Waals surface area contributed by atoms with Crippen molar-refractivity contribution in [2.45, 2.75) is 12.1 Å². The quantitative estimate of drug-likeness (QED) is 0.483. The van der Waals surface area contributed by atoms with E-state index in [1.165, 1.54) is 18.4 Å². The van der Waals surface area contributed by atoms with Crippen molar-refractivity contribution in [1.29, 1.82) is 0 Å². The zero-order chi connectivity index (χ0) is 15.3. The summed E-state index contributed by atoms with van der Waals surface area (Å²) >= 11 is 1.44. The number of ketones is 1. The van der Waals surface area contributed by atoms with Crippen LogP contribution >= 0.6 is 11.3 Å². The summed E-state index contributed by atoms with van der Waals surface area (Å²) in [5, 5.41) is 4.64. The number of ether oxygens (including phenoxy) is 1. The van der Waals surface area contributed by atoms with Crippen LogP contribution in [-0.4, -0.2) is 24.5 Å². The van der Waals surface area contributed by atoms with E-state index in [-0.39, 0.29) is 6.42 Å². The molecule has 0 spiro atoms. The fourth-order valence-corrected chi connectivity index (χ4v) is 2.56. The lowest BCUT2D eigenvalue weighted by Gasteiger charge is -2.27. The predicted octanol–water partition coefficient (Wildman–Crippen LogP) is 1.80. The second-order valence-corrected chi connectivity index (χ2v) is 5.50. The monoisotopic (exact) mass is 304 g/mol. The van der Waals surface area contributed by atoms with Crippen LogP contribution in [-0.2, 0) is 20.7 Å². The molecule has 0 fully saturated rings. The molecule has 0 bridgehead atoms. The van der Waals surface area contributed by atoms with Gasteiger partial charge in [-0.05, 0) is 23.6 Å². The molecule has 1 aromatic carbocycles. The number of nitrogens with one attached hydrogen (secondary N) is 1. The molecule has 2 rings (SSSR count). The molecular formula is C15H16N2O3S. The Balaban J connectivity index is 2.24. The minimum Gasteiger partial charge on any atom is -0.466 e.